The van der Waals surface area contributed by atoms with E-state index in [1.54, 1.807) is 0 Å². The molecule has 2 heterocycles. The average Bonchev–Trinajstić information content (AvgIpc) is 2.93. The number of nitrogens with two attached hydrogens (primary N) is 1. The van der Waals surface area contributed by atoms with Crippen molar-refractivity contribution in [2.45, 2.75) is 10.2 Å². The van der Waals surface area contributed by atoms with Crippen LogP contribution in [0.5, 0.6) is 0 Å². The molecule has 0 aliphatic carbocycles. The first-order chi connectivity index (χ1) is 8.33. The molecule has 0 fully saturated rings. The highest BCUT2D eigenvalue weighted by Gasteiger charge is 2.06. The Morgan fingerprint density at radius 3 is 2.94 bits per heavy atom. The van der Waals surface area contributed by atoms with Crippen molar-refractivity contribution in [2.24, 2.45) is 0 Å². The summed E-state index contributed by atoms with van der Waals surface area (Å²) in [6.45, 7) is 0. The molecule has 0 radical (unpaired) electrons. The third-order valence-corrected chi connectivity index (χ3v) is 4.01. The Kier molecular flexibility index (Phi) is 2.65. The zero-order valence-corrected chi connectivity index (χ0v) is 10.3. The lowest BCUT2D eigenvalue weighted by Crippen LogP contribution is -1.96. The van der Waals surface area contributed by atoms with Crippen LogP contribution in [0.2, 0.25) is 0 Å². The second-order valence-electron chi connectivity index (χ2n) is 3.26. The van der Waals surface area contributed by atoms with Gasteiger partial charge in [0.25, 0.3) is 0 Å². The van der Waals surface area contributed by atoms with Gasteiger partial charge >= 0.3 is 0 Å². The van der Waals surface area contributed by atoms with E-state index in [-0.39, 0.29) is 0 Å². The van der Waals surface area contributed by atoms with Crippen molar-refractivity contribution in [1.82, 2.24) is 25.2 Å². The number of rotatable bonds is 3. The Balaban J connectivity index is 1.81. The number of nitrogen functional groups attached to an aromatic ring is 1. The van der Waals surface area contributed by atoms with Crippen molar-refractivity contribution in [3.8, 4) is 0 Å². The van der Waals surface area contributed by atoms with Crippen molar-refractivity contribution >= 4 is 39.3 Å². The van der Waals surface area contributed by atoms with Crippen LogP contribution in [0.1, 0.15) is 0 Å². The molecule has 0 aliphatic heterocycles. The molecule has 0 unspecified atom stereocenters. The smallest absolute Gasteiger partial charge is 0.203 e. The topological polar surface area (TPSA) is 82.5 Å². The minimum Gasteiger partial charge on any atom is -0.374 e. The van der Waals surface area contributed by atoms with E-state index in [0.29, 0.717) is 11.0 Å². The number of hydrogen-bond donors (Lipinski definition) is 1. The molecule has 0 amide bonds. The molecule has 0 saturated heterocycles. The highest BCUT2D eigenvalue weighted by atomic mass is 32.2. The van der Waals surface area contributed by atoms with E-state index < -0.39 is 0 Å². The summed E-state index contributed by atoms with van der Waals surface area (Å²) in [5, 5.41) is 16.3. The van der Waals surface area contributed by atoms with E-state index in [4.69, 9.17) is 5.73 Å². The summed E-state index contributed by atoms with van der Waals surface area (Å²) >= 11 is 2.91. The van der Waals surface area contributed by atoms with Gasteiger partial charge in [0.2, 0.25) is 5.13 Å². The molecule has 0 bridgehead atoms. The third kappa shape index (κ3) is 2.08. The molecular formula is C9H8N6S2. The van der Waals surface area contributed by atoms with E-state index in [9.17, 15) is 0 Å². The number of nitrogens with zero attached hydrogens (tertiary/aromatic N) is 5. The van der Waals surface area contributed by atoms with Gasteiger partial charge in [0.15, 0.2) is 4.34 Å². The van der Waals surface area contributed by atoms with Crippen molar-refractivity contribution in [2.75, 3.05) is 5.73 Å². The van der Waals surface area contributed by atoms with Crippen LogP contribution in [0.15, 0.2) is 28.6 Å². The van der Waals surface area contributed by atoms with Gasteiger partial charge in [0.05, 0.1) is 11.4 Å². The zero-order valence-electron chi connectivity index (χ0n) is 8.65. The monoisotopic (exact) mass is 264 g/mol. The van der Waals surface area contributed by atoms with Crippen LogP contribution in [-0.4, -0.2) is 25.2 Å². The van der Waals surface area contributed by atoms with Gasteiger partial charge in [0, 0.05) is 0 Å². The van der Waals surface area contributed by atoms with Gasteiger partial charge in [-0.05, 0) is 12.1 Å². The number of para-hydroxylation sites is 1. The largest absolute Gasteiger partial charge is 0.374 e. The summed E-state index contributed by atoms with van der Waals surface area (Å²) in [4.78, 5) is 0. The summed E-state index contributed by atoms with van der Waals surface area (Å²) in [6, 6.07) is 7.84. The standard InChI is InChI=1S/C9H8N6S2/c10-8-12-13-9(17-8)16-5-15-7-4-2-1-3-6(7)11-14-15/h1-4H,5H2,(H2,10,12). The first-order valence-corrected chi connectivity index (χ1v) is 6.63. The number of hydrogen-bond acceptors (Lipinski definition) is 7. The van der Waals surface area contributed by atoms with Gasteiger partial charge in [0.1, 0.15) is 5.52 Å². The Morgan fingerprint density at radius 1 is 1.24 bits per heavy atom. The second-order valence-corrected chi connectivity index (χ2v) is 5.46. The number of fused-ring (bicyclic) bond motifs is 1. The minimum absolute atomic E-state index is 0.482. The fourth-order valence-electron chi connectivity index (χ4n) is 1.41. The fraction of sp³-hybridized carbons (Fsp3) is 0.111. The van der Waals surface area contributed by atoms with E-state index in [2.05, 4.69) is 20.5 Å². The molecule has 0 saturated carbocycles. The van der Waals surface area contributed by atoms with Crippen molar-refractivity contribution < 1.29 is 0 Å². The predicted molar refractivity (Wildman–Crippen MR) is 67.7 cm³/mol. The molecule has 6 nitrogen and oxygen atoms in total. The molecule has 3 rings (SSSR count). The van der Waals surface area contributed by atoms with Crippen LogP contribution in [0, 0.1) is 0 Å². The third-order valence-electron chi connectivity index (χ3n) is 2.15. The normalized spacial score (nSPS) is 11.1. The van der Waals surface area contributed by atoms with Crippen molar-refractivity contribution in [1.29, 1.82) is 0 Å². The van der Waals surface area contributed by atoms with E-state index >= 15 is 0 Å². The van der Waals surface area contributed by atoms with Gasteiger partial charge in [-0.2, -0.15) is 0 Å². The lowest BCUT2D eigenvalue weighted by molar-refractivity contribution is 0.722. The highest BCUT2D eigenvalue weighted by Crippen LogP contribution is 2.25. The average molecular weight is 264 g/mol. The van der Waals surface area contributed by atoms with Crippen molar-refractivity contribution in [3.63, 3.8) is 0 Å². The fourth-order valence-corrected chi connectivity index (χ4v) is 2.92. The summed E-state index contributed by atoms with van der Waals surface area (Å²) in [5.41, 5.74) is 7.42. The number of anilines is 1. The molecular weight excluding hydrogens is 256 g/mol. The SMILES string of the molecule is Nc1nnc(SCn2nnc3ccccc32)s1. The quantitative estimate of drug-likeness (QED) is 0.724. The van der Waals surface area contributed by atoms with Gasteiger partial charge < -0.3 is 5.73 Å². The van der Waals surface area contributed by atoms with Crippen LogP contribution in [0.25, 0.3) is 11.0 Å². The maximum absolute atomic E-state index is 5.51. The zero-order chi connectivity index (χ0) is 11.7. The molecule has 2 aromatic heterocycles. The van der Waals surface area contributed by atoms with Gasteiger partial charge in [-0.15, -0.1) is 15.3 Å². The van der Waals surface area contributed by atoms with E-state index in [0.717, 1.165) is 15.4 Å². The first kappa shape index (κ1) is 10.5. The Morgan fingerprint density at radius 2 is 2.12 bits per heavy atom. The number of benzene rings is 1. The summed E-state index contributed by atoms with van der Waals surface area (Å²) in [7, 11) is 0. The molecule has 8 heteroatoms. The van der Waals surface area contributed by atoms with E-state index in [1.165, 1.54) is 23.1 Å². The Bertz CT molecular complexity index is 646. The second kappa shape index (κ2) is 4.30. The molecule has 0 atom stereocenters. The minimum atomic E-state index is 0.482. The van der Waals surface area contributed by atoms with Gasteiger partial charge in [-0.25, -0.2) is 4.68 Å². The number of aromatic nitrogens is 5. The molecule has 86 valence electrons. The summed E-state index contributed by atoms with van der Waals surface area (Å²) < 4.78 is 2.67. The molecule has 17 heavy (non-hydrogen) atoms. The number of thioether (sulfide) groups is 1. The lowest BCUT2D eigenvalue weighted by Gasteiger charge is -1.98. The van der Waals surface area contributed by atoms with Crippen molar-refractivity contribution in [3.05, 3.63) is 24.3 Å². The maximum Gasteiger partial charge on any atom is 0.203 e. The Hall–Kier alpha value is -1.67. The van der Waals surface area contributed by atoms with Gasteiger partial charge in [-0.1, -0.05) is 40.4 Å². The maximum atomic E-state index is 5.51. The molecule has 2 N–H and O–H groups in total. The van der Waals surface area contributed by atoms with Crippen LogP contribution in [-0.2, 0) is 5.88 Å². The van der Waals surface area contributed by atoms with E-state index in [1.807, 2.05) is 28.9 Å². The molecule has 0 aliphatic rings. The lowest BCUT2D eigenvalue weighted by atomic mass is 10.3. The summed E-state index contributed by atoms with van der Waals surface area (Å²) in [6.07, 6.45) is 0. The Labute approximate surface area is 105 Å². The van der Waals surface area contributed by atoms with Crippen LogP contribution < -0.4 is 5.73 Å². The predicted octanol–water partition coefficient (Wildman–Crippen LogP) is 1.61. The van der Waals surface area contributed by atoms with Crippen LogP contribution in [0.4, 0.5) is 5.13 Å². The van der Waals surface area contributed by atoms with Gasteiger partial charge in [-0.3, -0.25) is 0 Å². The molecule has 3 aromatic rings. The molecule has 0 spiro atoms. The van der Waals surface area contributed by atoms with Crippen LogP contribution in [0.3, 0.4) is 0 Å². The van der Waals surface area contributed by atoms with Crippen LogP contribution >= 0.6 is 23.1 Å². The first-order valence-electron chi connectivity index (χ1n) is 4.83. The highest BCUT2D eigenvalue weighted by molar-refractivity contribution is 8.00. The molecule has 1 aromatic carbocycles. The summed E-state index contributed by atoms with van der Waals surface area (Å²) in [5.74, 6) is 0.648.